The fourth-order valence-electron chi connectivity index (χ4n) is 2.03. The van der Waals surface area contributed by atoms with E-state index in [0.717, 1.165) is 10.9 Å². The van der Waals surface area contributed by atoms with Crippen molar-refractivity contribution in [2.75, 3.05) is 0 Å². The van der Waals surface area contributed by atoms with E-state index < -0.39 is 0 Å². The van der Waals surface area contributed by atoms with E-state index in [1.165, 1.54) is 11.3 Å². The summed E-state index contributed by atoms with van der Waals surface area (Å²) in [5.74, 6) is 0. The number of fused-ring (bicyclic) bond motifs is 1. The van der Waals surface area contributed by atoms with Crippen molar-refractivity contribution in [3.05, 3.63) is 50.5 Å². The maximum absolute atomic E-state index is 12.3. The molecule has 0 spiro atoms. The standard InChI is InChI=1S/C13H9ClN2OS/c1-16-12-8(3-2-4-10(12)14)5-9(13(16)17)11-6-18-7-15-11/h2-7H,1H3. The maximum atomic E-state index is 12.3. The van der Waals surface area contributed by atoms with Gasteiger partial charge in [-0.05, 0) is 12.1 Å². The number of hydrogen-bond donors (Lipinski definition) is 0. The van der Waals surface area contributed by atoms with E-state index in [-0.39, 0.29) is 5.56 Å². The van der Waals surface area contributed by atoms with Gasteiger partial charge in [-0.1, -0.05) is 23.7 Å². The summed E-state index contributed by atoms with van der Waals surface area (Å²) < 4.78 is 1.58. The van der Waals surface area contributed by atoms with Crippen LogP contribution in [0.25, 0.3) is 22.2 Å². The molecule has 0 aliphatic carbocycles. The number of hydrogen-bond acceptors (Lipinski definition) is 3. The van der Waals surface area contributed by atoms with Crippen molar-refractivity contribution in [2.45, 2.75) is 0 Å². The minimum absolute atomic E-state index is 0.0819. The van der Waals surface area contributed by atoms with Crippen LogP contribution in [-0.2, 0) is 7.05 Å². The SMILES string of the molecule is Cn1c(=O)c(-c2cscn2)cc2cccc(Cl)c21. The Morgan fingerprint density at radius 2 is 2.22 bits per heavy atom. The Bertz CT molecular complexity index is 778. The highest BCUT2D eigenvalue weighted by molar-refractivity contribution is 7.07. The number of nitrogens with zero attached hydrogens (tertiary/aromatic N) is 2. The summed E-state index contributed by atoms with van der Waals surface area (Å²) in [7, 11) is 1.73. The van der Waals surface area contributed by atoms with Gasteiger partial charge < -0.3 is 4.57 Å². The zero-order valence-electron chi connectivity index (χ0n) is 9.55. The largest absolute Gasteiger partial charge is 0.309 e. The molecule has 2 aromatic heterocycles. The molecule has 0 radical (unpaired) electrons. The van der Waals surface area contributed by atoms with E-state index in [1.54, 1.807) is 23.2 Å². The van der Waals surface area contributed by atoms with E-state index in [2.05, 4.69) is 4.98 Å². The number of thiazole rings is 1. The number of aromatic nitrogens is 2. The van der Waals surface area contributed by atoms with Gasteiger partial charge in [-0.2, -0.15) is 0 Å². The fraction of sp³-hybridized carbons (Fsp3) is 0.0769. The molecule has 3 nitrogen and oxygen atoms in total. The van der Waals surface area contributed by atoms with Crippen LogP contribution in [0, 0.1) is 0 Å². The Morgan fingerprint density at radius 3 is 2.94 bits per heavy atom. The monoisotopic (exact) mass is 276 g/mol. The summed E-state index contributed by atoms with van der Waals surface area (Å²) in [4.78, 5) is 16.5. The van der Waals surface area contributed by atoms with Crippen LogP contribution in [0.3, 0.4) is 0 Å². The second-order valence-electron chi connectivity index (χ2n) is 3.97. The number of rotatable bonds is 1. The first-order valence-electron chi connectivity index (χ1n) is 5.35. The zero-order valence-corrected chi connectivity index (χ0v) is 11.1. The lowest BCUT2D eigenvalue weighted by Gasteiger charge is -2.08. The summed E-state index contributed by atoms with van der Waals surface area (Å²) in [6, 6.07) is 7.45. The summed E-state index contributed by atoms with van der Waals surface area (Å²) in [6.45, 7) is 0. The molecule has 90 valence electrons. The second kappa shape index (κ2) is 4.23. The predicted octanol–water partition coefficient (Wildman–Crippen LogP) is 3.32. The van der Waals surface area contributed by atoms with Crippen molar-refractivity contribution in [3.63, 3.8) is 0 Å². The van der Waals surface area contributed by atoms with Crippen LogP contribution in [-0.4, -0.2) is 9.55 Å². The van der Waals surface area contributed by atoms with Crippen LogP contribution in [0.4, 0.5) is 0 Å². The number of aryl methyl sites for hydroxylation is 1. The highest BCUT2D eigenvalue weighted by atomic mass is 35.5. The third-order valence-corrected chi connectivity index (χ3v) is 3.79. The Balaban J connectivity index is 2.44. The number of benzene rings is 1. The molecule has 0 fully saturated rings. The summed E-state index contributed by atoms with van der Waals surface area (Å²) in [5.41, 5.74) is 3.71. The van der Waals surface area contributed by atoms with Crippen molar-refractivity contribution >= 4 is 33.8 Å². The first kappa shape index (κ1) is 11.4. The van der Waals surface area contributed by atoms with Gasteiger partial charge >= 0.3 is 0 Å². The fourth-order valence-corrected chi connectivity index (χ4v) is 2.89. The second-order valence-corrected chi connectivity index (χ2v) is 5.10. The van der Waals surface area contributed by atoms with Gasteiger partial charge in [0.2, 0.25) is 0 Å². The van der Waals surface area contributed by atoms with Gasteiger partial charge in [0.25, 0.3) is 5.56 Å². The molecule has 0 N–H and O–H groups in total. The van der Waals surface area contributed by atoms with Crippen LogP contribution in [0.1, 0.15) is 0 Å². The predicted molar refractivity (Wildman–Crippen MR) is 75.3 cm³/mol. The van der Waals surface area contributed by atoms with Crippen LogP contribution in [0.15, 0.2) is 40.0 Å². The molecule has 1 aromatic carbocycles. The molecule has 0 aliphatic heterocycles. The van der Waals surface area contributed by atoms with Crippen molar-refractivity contribution in [3.8, 4) is 11.3 Å². The normalized spacial score (nSPS) is 11.0. The van der Waals surface area contributed by atoms with E-state index in [9.17, 15) is 4.79 Å². The third kappa shape index (κ3) is 1.65. The van der Waals surface area contributed by atoms with Gasteiger partial charge in [0.1, 0.15) is 0 Å². The van der Waals surface area contributed by atoms with E-state index >= 15 is 0 Å². The van der Waals surface area contributed by atoms with Crippen LogP contribution in [0.5, 0.6) is 0 Å². The summed E-state index contributed by atoms with van der Waals surface area (Å²) in [6.07, 6.45) is 0. The Morgan fingerprint density at radius 1 is 1.39 bits per heavy atom. The molecule has 0 atom stereocenters. The maximum Gasteiger partial charge on any atom is 0.260 e. The van der Waals surface area contributed by atoms with Crippen LogP contribution in [0.2, 0.25) is 5.02 Å². The topological polar surface area (TPSA) is 34.9 Å². The quantitative estimate of drug-likeness (QED) is 0.683. The molecule has 3 rings (SSSR count). The molecular weight excluding hydrogens is 268 g/mol. The lowest BCUT2D eigenvalue weighted by atomic mass is 10.1. The highest BCUT2D eigenvalue weighted by Gasteiger charge is 2.11. The van der Waals surface area contributed by atoms with Crippen molar-refractivity contribution in [2.24, 2.45) is 7.05 Å². The Kier molecular flexibility index (Phi) is 2.69. The van der Waals surface area contributed by atoms with Gasteiger partial charge in [-0.15, -0.1) is 11.3 Å². The van der Waals surface area contributed by atoms with E-state index in [4.69, 9.17) is 11.6 Å². The summed E-state index contributed by atoms with van der Waals surface area (Å²) >= 11 is 7.61. The Labute approximate surface area is 112 Å². The van der Waals surface area contributed by atoms with E-state index in [1.807, 2.05) is 23.6 Å². The molecule has 3 aromatic rings. The lowest BCUT2D eigenvalue weighted by molar-refractivity contribution is 0.908. The number of pyridine rings is 1. The molecule has 18 heavy (non-hydrogen) atoms. The molecule has 5 heteroatoms. The first-order valence-corrected chi connectivity index (χ1v) is 6.67. The van der Waals surface area contributed by atoms with Gasteiger partial charge in [0.15, 0.2) is 0 Å². The first-order chi connectivity index (χ1) is 8.68. The van der Waals surface area contributed by atoms with Crippen LogP contribution < -0.4 is 5.56 Å². The number of para-hydroxylation sites is 1. The highest BCUT2D eigenvalue weighted by Crippen LogP contribution is 2.25. The molecule has 0 saturated carbocycles. The van der Waals surface area contributed by atoms with Crippen molar-refractivity contribution in [1.29, 1.82) is 0 Å². The van der Waals surface area contributed by atoms with Crippen LogP contribution >= 0.6 is 22.9 Å². The molecule has 2 heterocycles. The van der Waals surface area contributed by atoms with Crippen molar-refractivity contribution < 1.29 is 0 Å². The summed E-state index contributed by atoms with van der Waals surface area (Å²) in [5, 5.41) is 3.39. The van der Waals surface area contributed by atoms with Gasteiger partial charge in [0.05, 0.1) is 27.3 Å². The van der Waals surface area contributed by atoms with Gasteiger partial charge in [0, 0.05) is 17.8 Å². The van der Waals surface area contributed by atoms with Gasteiger partial charge in [-0.3, -0.25) is 4.79 Å². The minimum atomic E-state index is -0.0819. The molecular formula is C13H9ClN2OS. The van der Waals surface area contributed by atoms with E-state index in [0.29, 0.717) is 16.3 Å². The lowest BCUT2D eigenvalue weighted by Crippen LogP contribution is -2.19. The smallest absolute Gasteiger partial charge is 0.260 e. The van der Waals surface area contributed by atoms with Gasteiger partial charge in [-0.25, -0.2) is 4.98 Å². The molecule has 0 saturated heterocycles. The molecule has 0 aliphatic rings. The number of halogens is 1. The molecule has 0 bridgehead atoms. The third-order valence-electron chi connectivity index (χ3n) is 2.90. The average molecular weight is 277 g/mol. The zero-order chi connectivity index (χ0) is 12.7. The molecule has 0 amide bonds. The van der Waals surface area contributed by atoms with Crippen molar-refractivity contribution in [1.82, 2.24) is 9.55 Å². The Hall–Kier alpha value is -1.65. The minimum Gasteiger partial charge on any atom is -0.309 e. The average Bonchev–Trinajstić information content (AvgIpc) is 2.87. The molecule has 0 unspecified atom stereocenters.